The zero-order chi connectivity index (χ0) is 26.7. The lowest BCUT2D eigenvalue weighted by molar-refractivity contribution is -0.0739. The van der Waals surface area contributed by atoms with Crippen molar-refractivity contribution >= 4 is 12.2 Å². The van der Waals surface area contributed by atoms with Crippen LogP contribution in [0.25, 0.3) is 0 Å². The van der Waals surface area contributed by atoms with Crippen molar-refractivity contribution in [2.45, 2.75) is 122 Å². The van der Waals surface area contributed by atoms with E-state index < -0.39 is 16.6 Å². The Hall–Kier alpha value is -2.01. The maximum Gasteiger partial charge on any atom is 0.411 e. The van der Waals surface area contributed by atoms with Crippen LogP contribution in [0.15, 0.2) is 0 Å². The highest BCUT2D eigenvalue weighted by molar-refractivity contribution is 5.71. The fraction of sp³-hybridized carbons (Fsp3) is 0.897. The highest BCUT2D eigenvalue weighted by atomic mass is 16.6. The minimum absolute atomic E-state index is 0.157. The third-order valence-corrected chi connectivity index (χ3v) is 9.01. The molecule has 2 amide bonds. The van der Waals surface area contributed by atoms with E-state index in [1.54, 1.807) is 0 Å². The summed E-state index contributed by atoms with van der Waals surface area (Å²) in [6.07, 6.45) is 11.4. The SMILES string of the molecule is CCCCC1(C#N)CCN(C(=O)OC(C)(C)C)C(N2CCC3(CC2)CN(CC2CCCCC2)C(=O)O3)C1. The molecule has 3 saturated heterocycles. The Balaban J connectivity index is 1.43. The third-order valence-electron chi connectivity index (χ3n) is 9.01. The molecule has 4 aliphatic rings. The zero-order valence-corrected chi connectivity index (χ0v) is 23.6. The van der Waals surface area contributed by atoms with Crippen molar-refractivity contribution in [3.63, 3.8) is 0 Å². The molecular formula is C29H48N4O4. The molecule has 4 fully saturated rings. The molecule has 2 unspecified atom stereocenters. The molecule has 4 rings (SSSR count). The van der Waals surface area contributed by atoms with E-state index in [9.17, 15) is 14.9 Å². The second-order valence-corrected chi connectivity index (χ2v) is 13.1. The van der Waals surface area contributed by atoms with Crippen LogP contribution in [0.3, 0.4) is 0 Å². The molecule has 0 aromatic carbocycles. The van der Waals surface area contributed by atoms with Crippen molar-refractivity contribution in [3.05, 3.63) is 0 Å². The molecule has 3 heterocycles. The van der Waals surface area contributed by atoms with Gasteiger partial charge in [-0.25, -0.2) is 9.59 Å². The lowest BCUT2D eigenvalue weighted by atomic mass is 9.74. The maximum atomic E-state index is 13.2. The van der Waals surface area contributed by atoms with Crippen molar-refractivity contribution < 1.29 is 19.1 Å². The Labute approximate surface area is 223 Å². The minimum atomic E-state index is -0.570. The van der Waals surface area contributed by atoms with Gasteiger partial charge in [0, 0.05) is 45.4 Å². The summed E-state index contributed by atoms with van der Waals surface area (Å²) in [5.74, 6) is 0.600. The highest BCUT2D eigenvalue weighted by Crippen LogP contribution is 2.42. The van der Waals surface area contributed by atoms with Gasteiger partial charge in [0.1, 0.15) is 11.2 Å². The Bertz CT molecular complexity index is 851. The lowest BCUT2D eigenvalue weighted by Gasteiger charge is -2.50. The third kappa shape index (κ3) is 6.71. The van der Waals surface area contributed by atoms with E-state index >= 15 is 0 Å². The molecule has 1 spiro atoms. The van der Waals surface area contributed by atoms with E-state index in [4.69, 9.17) is 9.47 Å². The quantitative estimate of drug-likeness (QED) is 0.436. The number of hydrogen-bond donors (Lipinski definition) is 0. The van der Waals surface area contributed by atoms with Gasteiger partial charge in [0.05, 0.1) is 24.2 Å². The molecule has 8 nitrogen and oxygen atoms in total. The van der Waals surface area contributed by atoms with Crippen LogP contribution in [-0.2, 0) is 9.47 Å². The van der Waals surface area contributed by atoms with Gasteiger partial charge in [-0.2, -0.15) is 5.26 Å². The van der Waals surface area contributed by atoms with Gasteiger partial charge in [0.25, 0.3) is 0 Å². The van der Waals surface area contributed by atoms with E-state index in [0.717, 1.165) is 51.7 Å². The number of amides is 2. The summed E-state index contributed by atoms with van der Waals surface area (Å²) in [5, 5.41) is 10.2. The molecule has 8 heteroatoms. The number of rotatable bonds is 6. The Morgan fingerprint density at radius 1 is 1.14 bits per heavy atom. The Morgan fingerprint density at radius 2 is 1.84 bits per heavy atom. The van der Waals surface area contributed by atoms with Crippen molar-refractivity contribution in [3.8, 4) is 6.07 Å². The van der Waals surface area contributed by atoms with Crippen molar-refractivity contribution in [1.82, 2.24) is 14.7 Å². The highest BCUT2D eigenvalue weighted by Gasteiger charge is 2.51. The number of likely N-dealkylation sites (tertiary alicyclic amines) is 2. The normalized spacial score (nSPS) is 29.3. The average molecular weight is 517 g/mol. The summed E-state index contributed by atoms with van der Waals surface area (Å²) < 4.78 is 11.8. The summed E-state index contributed by atoms with van der Waals surface area (Å²) in [6.45, 7) is 11.3. The van der Waals surface area contributed by atoms with E-state index in [2.05, 4.69) is 17.9 Å². The molecule has 0 bridgehead atoms. The van der Waals surface area contributed by atoms with E-state index in [-0.39, 0.29) is 18.4 Å². The van der Waals surface area contributed by atoms with Gasteiger partial charge in [-0.15, -0.1) is 0 Å². The van der Waals surface area contributed by atoms with E-state index in [0.29, 0.717) is 31.8 Å². The first-order valence-corrected chi connectivity index (χ1v) is 14.7. The second-order valence-electron chi connectivity index (χ2n) is 13.1. The van der Waals surface area contributed by atoms with Gasteiger partial charge in [-0.05, 0) is 52.4 Å². The van der Waals surface area contributed by atoms with Crippen molar-refractivity contribution in [1.29, 1.82) is 5.26 Å². The number of carbonyl (C=O) groups is 2. The number of nitrogens with zero attached hydrogens (tertiary/aromatic N) is 4. The first-order chi connectivity index (χ1) is 17.6. The zero-order valence-electron chi connectivity index (χ0n) is 23.6. The number of piperidine rings is 2. The van der Waals surface area contributed by atoms with Crippen LogP contribution in [0.5, 0.6) is 0 Å². The first-order valence-electron chi connectivity index (χ1n) is 14.7. The molecule has 37 heavy (non-hydrogen) atoms. The minimum Gasteiger partial charge on any atom is -0.444 e. The first kappa shape index (κ1) is 28.0. The number of carbonyl (C=O) groups excluding carboxylic acids is 2. The van der Waals surface area contributed by atoms with Crippen LogP contribution in [0.1, 0.15) is 105 Å². The molecule has 2 atom stereocenters. The molecule has 1 saturated carbocycles. The van der Waals surface area contributed by atoms with E-state index in [1.165, 1.54) is 32.1 Å². The van der Waals surface area contributed by atoms with Crippen LogP contribution in [0, 0.1) is 22.7 Å². The predicted molar refractivity (Wildman–Crippen MR) is 142 cm³/mol. The molecule has 208 valence electrons. The fourth-order valence-corrected chi connectivity index (χ4v) is 6.81. The summed E-state index contributed by atoms with van der Waals surface area (Å²) in [7, 11) is 0. The van der Waals surface area contributed by atoms with E-state index in [1.807, 2.05) is 30.6 Å². The summed E-state index contributed by atoms with van der Waals surface area (Å²) in [4.78, 5) is 32.1. The lowest BCUT2D eigenvalue weighted by Crippen LogP contribution is -2.61. The topological polar surface area (TPSA) is 86.1 Å². The Kier molecular flexibility index (Phi) is 8.62. The van der Waals surface area contributed by atoms with Gasteiger partial charge in [-0.1, -0.05) is 39.0 Å². The molecule has 0 aromatic rings. The summed E-state index contributed by atoms with van der Waals surface area (Å²) >= 11 is 0. The molecule has 0 N–H and O–H groups in total. The van der Waals surface area contributed by atoms with Crippen LogP contribution in [0.2, 0.25) is 0 Å². The molecule has 3 aliphatic heterocycles. The summed E-state index contributed by atoms with van der Waals surface area (Å²) in [5.41, 5.74) is -1.41. The fourth-order valence-electron chi connectivity index (χ4n) is 6.81. The van der Waals surface area contributed by atoms with Gasteiger partial charge >= 0.3 is 12.2 Å². The van der Waals surface area contributed by atoms with Gasteiger partial charge in [0.2, 0.25) is 0 Å². The smallest absolute Gasteiger partial charge is 0.411 e. The van der Waals surface area contributed by atoms with Crippen LogP contribution in [-0.4, -0.2) is 77.0 Å². The molecule has 0 aromatic heterocycles. The second kappa shape index (κ2) is 11.4. The average Bonchev–Trinajstić information content (AvgIpc) is 3.16. The number of hydrogen-bond acceptors (Lipinski definition) is 6. The van der Waals surface area contributed by atoms with Gasteiger partial charge in [-0.3, -0.25) is 9.80 Å². The number of ether oxygens (including phenoxy) is 2. The molecule has 0 radical (unpaired) electrons. The number of unbranched alkanes of at least 4 members (excludes halogenated alkanes) is 1. The monoisotopic (exact) mass is 516 g/mol. The predicted octanol–water partition coefficient (Wildman–Crippen LogP) is 5.91. The summed E-state index contributed by atoms with van der Waals surface area (Å²) in [6, 6.07) is 2.65. The molecule has 1 aliphatic carbocycles. The van der Waals surface area contributed by atoms with Crippen molar-refractivity contribution in [2.24, 2.45) is 11.3 Å². The van der Waals surface area contributed by atoms with Crippen LogP contribution in [0.4, 0.5) is 9.59 Å². The van der Waals surface area contributed by atoms with Gasteiger partial charge in [0.15, 0.2) is 0 Å². The maximum absolute atomic E-state index is 13.2. The standard InChI is InChI=1S/C29H48N4O4/c1-5-6-12-28(21-30)13-18-33(26(35)36-27(2,3)4)24(19-28)31-16-14-29(15-17-31)22-32(25(34)37-29)20-23-10-8-7-9-11-23/h23-24H,5-20,22H2,1-4H3. The van der Waals surface area contributed by atoms with Crippen LogP contribution < -0.4 is 0 Å². The number of nitriles is 1. The largest absolute Gasteiger partial charge is 0.444 e. The van der Waals surface area contributed by atoms with Crippen molar-refractivity contribution in [2.75, 3.05) is 32.7 Å². The molecular weight excluding hydrogens is 468 g/mol. The van der Waals surface area contributed by atoms with Gasteiger partial charge < -0.3 is 14.4 Å². The Morgan fingerprint density at radius 3 is 2.46 bits per heavy atom. The van der Waals surface area contributed by atoms with Crippen LogP contribution >= 0.6 is 0 Å².